The molecule has 0 N–H and O–H groups in total. The van der Waals surface area contributed by atoms with E-state index >= 15 is 0 Å². The fraction of sp³-hybridized carbons (Fsp3) is 1.00. The second-order valence-electron chi connectivity index (χ2n) is 5.76. The number of hydrogen-bond acceptors (Lipinski definition) is 6. The Morgan fingerprint density at radius 1 is 0.708 bits per heavy atom. The summed E-state index contributed by atoms with van der Waals surface area (Å²) in [6, 6.07) is 0. The molecular weight excluding hydrogens is 352 g/mol. The molecule has 0 radical (unpaired) electrons. The summed E-state index contributed by atoms with van der Waals surface area (Å²) < 4.78 is 49.6. The molecule has 0 saturated heterocycles. The third kappa shape index (κ3) is 16.8. The van der Waals surface area contributed by atoms with Crippen LogP contribution >= 0.6 is 0 Å². The Balaban J connectivity index is 3.47. The van der Waals surface area contributed by atoms with E-state index < -0.39 is 21.5 Å². The van der Waals surface area contributed by atoms with Crippen molar-refractivity contribution in [3.8, 4) is 0 Å². The zero-order valence-corrected chi connectivity index (χ0v) is 16.8. The molecule has 8 heteroatoms. The molecule has 6 nitrogen and oxygen atoms in total. The monoisotopic (exact) mass is 386 g/mol. The van der Waals surface area contributed by atoms with Crippen molar-refractivity contribution in [3.05, 3.63) is 0 Å². The third-order valence-electron chi connectivity index (χ3n) is 3.41. The van der Waals surface area contributed by atoms with Gasteiger partial charge in [0.25, 0.3) is 10.1 Å². The number of hydrogen-bond donors (Lipinski definition) is 0. The molecule has 0 rings (SSSR count). The molecule has 0 aromatic carbocycles. The highest BCUT2D eigenvalue weighted by molar-refractivity contribution is 7.86. The summed E-state index contributed by atoms with van der Waals surface area (Å²) in [4.78, 5) is 0. The van der Waals surface area contributed by atoms with E-state index in [-0.39, 0.29) is 19.0 Å². The molecule has 0 saturated carbocycles. The zero-order valence-electron chi connectivity index (χ0n) is 15.2. The van der Waals surface area contributed by atoms with E-state index in [0.717, 1.165) is 44.9 Å². The second-order valence-corrected chi connectivity index (χ2v) is 8.40. The first kappa shape index (κ1) is 24.0. The molecule has 0 aliphatic carbocycles. The smallest absolute Gasteiger partial charge is 0.270 e. The van der Waals surface area contributed by atoms with E-state index in [1.807, 2.05) is 0 Å². The lowest BCUT2D eigenvalue weighted by atomic mass is 10.2. The van der Waals surface area contributed by atoms with Crippen LogP contribution in [-0.4, -0.2) is 38.2 Å². The molecule has 0 aliphatic heterocycles. The van der Waals surface area contributed by atoms with Gasteiger partial charge in [0.05, 0.1) is 25.6 Å². The van der Waals surface area contributed by atoms with Crippen LogP contribution in [0.5, 0.6) is 0 Å². The Labute approximate surface area is 150 Å². The van der Waals surface area contributed by atoms with Crippen LogP contribution in [0.2, 0.25) is 0 Å². The molecule has 0 amide bonds. The summed E-state index contributed by atoms with van der Waals surface area (Å²) in [6.07, 6.45) is 9.05. The normalized spacial score (nSPS) is 13.2. The minimum atomic E-state index is -3.41. The average Bonchev–Trinajstić information content (AvgIpc) is 2.54. The average molecular weight is 387 g/mol. The van der Waals surface area contributed by atoms with Crippen molar-refractivity contribution < 1.29 is 25.2 Å². The Bertz CT molecular complexity index is 397. The van der Waals surface area contributed by atoms with Gasteiger partial charge in [0.15, 0.2) is 0 Å². The van der Waals surface area contributed by atoms with Crippen LogP contribution < -0.4 is 0 Å². The molecule has 1 atom stereocenters. The van der Waals surface area contributed by atoms with Crippen molar-refractivity contribution in [2.45, 2.75) is 78.1 Å². The zero-order chi connectivity index (χ0) is 18.1. The van der Waals surface area contributed by atoms with Gasteiger partial charge in [-0.2, -0.15) is 12.6 Å². The molecule has 0 unspecified atom stereocenters. The second kappa shape index (κ2) is 16.4. The fourth-order valence-corrected chi connectivity index (χ4v) is 3.59. The van der Waals surface area contributed by atoms with Gasteiger partial charge >= 0.3 is 11.4 Å². The van der Waals surface area contributed by atoms with Crippen molar-refractivity contribution >= 4 is 21.5 Å². The van der Waals surface area contributed by atoms with Crippen LogP contribution in [0.15, 0.2) is 0 Å². The summed E-state index contributed by atoms with van der Waals surface area (Å²) in [7, 11) is -3.41. The maximum atomic E-state index is 11.6. The molecule has 0 fully saturated rings. The standard InChI is InChI=1S/C16H34O6S2/c1-3-5-7-9-13-20-23(17)21-14-10-11-15-22-24(18,19)16-12-8-6-4-2/h3-16H2,1-2H3/t23-/m0/s1. The van der Waals surface area contributed by atoms with E-state index in [2.05, 4.69) is 13.8 Å². The van der Waals surface area contributed by atoms with E-state index in [9.17, 15) is 12.6 Å². The highest BCUT2D eigenvalue weighted by atomic mass is 32.2. The summed E-state index contributed by atoms with van der Waals surface area (Å²) in [5.41, 5.74) is 0. The van der Waals surface area contributed by atoms with Gasteiger partial charge in [0, 0.05) is 0 Å². The first-order valence-electron chi connectivity index (χ1n) is 9.07. The Kier molecular flexibility index (Phi) is 16.4. The van der Waals surface area contributed by atoms with Crippen LogP contribution in [-0.2, 0) is 34.0 Å². The summed E-state index contributed by atoms with van der Waals surface area (Å²) >= 11 is -1.71. The van der Waals surface area contributed by atoms with Crippen molar-refractivity contribution in [2.24, 2.45) is 0 Å². The van der Waals surface area contributed by atoms with Gasteiger partial charge in [-0.05, 0) is 25.7 Å². The van der Waals surface area contributed by atoms with E-state index in [1.54, 1.807) is 0 Å². The predicted molar refractivity (Wildman–Crippen MR) is 97.3 cm³/mol. The maximum Gasteiger partial charge on any atom is 0.304 e. The minimum absolute atomic E-state index is 0.0827. The highest BCUT2D eigenvalue weighted by Crippen LogP contribution is 2.05. The topological polar surface area (TPSA) is 78.9 Å². The number of unbranched alkanes of at least 4 members (excludes halogenated alkanes) is 7. The largest absolute Gasteiger partial charge is 0.304 e. The molecule has 0 aromatic heterocycles. The molecule has 146 valence electrons. The van der Waals surface area contributed by atoms with Crippen LogP contribution in [0.25, 0.3) is 0 Å². The van der Waals surface area contributed by atoms with Crippen molar-refractivity contribution in [1.82, 2.24) is 0 Å². The van der Waals surface area contributed by atoms with Crippen LogP contribution in [0.3, 0.4) is 0 Å². The summed E-state index contributed by atoms with van der Waals surface area (Å²) in [6.45, 7) is 5.05. The SMILES string of the molecule is CCCCCCO[S@](=O)OCCCCOS(=O)(=O)CCCCCC. The fourth-order valence-electron chi connectivity index (χ4n) is 1.97. The number of rotatable bonds is 18. The van der Waals surface area contributed by atoms with E-state index in [1.165, 1.54) is 0 Å². The van der Waals surface area contributed by atoms with Gasteiger partial charge in [-0.15, -0.1) is 0 Å². The van der Waals surface area contributed by atoms with Crippen molar-refractivity contribution in [1.29, 1.82) is 0 Å². The molecule has 0 aliphatic rings. The van der Waals surface area contributed by atoms with Crippen LogP contribution in [0.1, 0.15) is 78.1 Å². The minimum Gasteiger partial charge on any atom is -0.270 e. The molecular formula is C16H34O6S2. The van der Waals surface area contributed by atoms with E-state index in [4.69, 9.17) is 12.5 Å². The Morgan fingerprint density at radius 3 is 1.79 bits per heavy atom. The third-order valence-corrected chi connectivity index (χ3v) is 5.44. The van der Waals surface area contributed by atoms with Gasteiger partial charge in [-0.3, -0.25) is 12.5 Å². The lowest BCUT2D eigenvalue weighted by Gasteiger charge is -2.06. The quantitative estimate of drug-likeness (QED) is 0.263. The highest BCUT2D eigenvalue weighted by Gasteiger charge is 2.10. The Morgan fingerprint density at radius 2 is 1.21 bits per heavy atom. The van der Waals surface area contributed by atoms with Gasteiger partial charge in [0.1, 0.15) is 0 Å². The predicted octanol–water partition coefficient (Wildman–Crippen LogP) is 3.89. The summed E-state index contributed by atoms with van der Waals surface area (Å²) in [5.74, 6) is 0.0827. The van der Waals surface area contributed by atoms with E-state index in [0.29, 0.717) is 25.9 Å². The first-order valence-corrected chi connectivity index (χ1v) is 11.6. The van der Waals surface area contributed by atoms with Crippen LogP contribution in [0.4, 0.5) is 0 Å². The van der Waals surface area contributed by atoms with Crippen LogP contribution in [0, 0.1) is 0 Å². The van der Waals surface area contributed by atoms with Crippen molar-refractivity contribution in [2.75, 3.05) is 25.6 Å². The lowest BCUT2D eigenvalue weighted by Crippen LogP contribution is -2.12. The molecule has 0 spiro atoms. The van der Waals surface area contributed by atoms with Crippen molar-refractivity contribution in [3.63, 3.8) is 0 Å². The maximum absolute atomic E-state index is 11.6. The molecule has 0 aromatic rings. The molecule has 24 heavy (non-hydrogen) atoms. The van der Waals surface area contributed by atoms with Gasteiger partial charge in [-0.1, -0.05) is 52.4 Å². The van der Waals surface area contributed by atoms with Gasteiger partial charge < -0.3 is 0 Å². The van der Waals surface area contributed by atoms with Gasteiger partial charge in [0.2, 0.25) is 0 Å². The lowest BCUT2D eigenvalue weighted by molar-refractivity contribution is 0.232. The van der Waals surface area contributed by atoms with Gasteiger partial charge in [-0.25, -0.2) is 0 Å². The molecule has 0 bridgehead atoms. The first-order chi connectivity index (χ1) is 11.5. The molecule has 0 heterocycles. The Hall–Kier alpha value is -0.0200. The summed E-state index contributed by atoms with van der Waals surface area (Å²) in [5, 5.41) is 0.